The highest BCUT2D eigenvalue weighted by Gasteiger charge is 2.65. The van der Waals surface area contributed by atoms with Crippen molar-refractivity contribution in [1.82, 2.24) is 4.90 Å². The molecular formula is C54H81FN2O8. The maximum Gasteiger partial charge on any atom is 0.410 e. The standard InChI is InChI=1S/C54H81FN2O8/c1-7-10-11-12-13-14-15-16-17-24-35-61-52(60)57(31-8-2)49-38-47(56-65-53(4,5)6)44-36-40(25-20-22-32-58)43(27-21-23-33-59)50-45-37-42(62-39-41-26-18-19-28-46(41)55)29-30-48(45)64-54(49,51(44)50)63-34-9-3/h9,18-19,26,28-30,36-37,40,43,49-51,58-59H,3,7-8,10-17,20-25,27,31-35,38-39H2,1-2,4-6H3. The molecule has 2 N–H and O–H groups in total. The average molecular weight is 905 g/mol. The highest BCUT2D eigenvalue weighted by Crippen LogP contribution is 2.62. The molecule has 5 rings (SSSR count). The fourth-order valence-corrected chi connectivity index (χ4v) is 10.2. The van der Waals surface area contributed by atoms with Crippen molar-refractivity contribution < 1.29 is 43.2 Å². The molecule has 362 valence electrons. The van der Waals surface area contributed by atoms with Gasteiger partial charge in [0.05, 0.1) is 24.8 Å². The number of unbranched alkanes of at least 4 members (excludes halogenated alkanes) is 11. The van der Waals surface area contributed by atoms with E-state index < -0.39 is 29.4 Å². The van der Waals surface area contributed by atoms with Crippen molar-refractivity contribution in [2.24, 2.45) is 22.9 Å². The first-order valence-corrected chi connectivity index (χ1v) is 25.1. The quantitative estimate of drug-likeness (QED) is 0.0471. The topological polar surface area (TPSA) is 119 Å². The van der Waals surface area contributed by atoms with Gasteiger partial charge < -0.3 is 34.0 Å². The van der Waals surface area contributed by atoms with E-state index in [0.717, 1.165) is 61.8 Å². The van der Waals surface area contributed by atoms with Gasteiger partial charge in [-0.05, 0) is 101 Å². The number of fused-ring (bicyclic) bond motifs is 2. The van der Waals surface area contributed by atoms with Crippen molar-refractivity contribution in [1.29, 1.82) is 0 Å². The van der Waals surface area contributed by atoms with Crippen molar-refractivity contribution in [3.05, 3.63) is 83.7 Å². The Bertz CT molecular complexity index is 1830. The Labute approximate surface area is 390 Å². The SMILES string of the molecule is C=CCOC12Oc3ccc(OCc4ccccc4F)cc3C3C(CCCCO)C(CCCCO)C=C(C(=NOC(C)(C)C)CC1N(CCC)C(=O)OCCCCCCCCCCCC)C32. The lowest BCUT2D eigenvalue weighted by Crippen LogP contribution is -2.70. The molecule has 0 spiro atoms. The number of oxime groups is 1. The molecule has 10 nitrogen and oxygen atoms in total. The molecule has 65 heavy (non-hydrogen) atoms. The number of hydrogen-bond acceptors (Lipinski definition) is 9. The Morgan fingerprint density at radius 1 is 0.923 bits per heavy atom. The second-order valence-electron chi connectivity index (χ2n) is 19.3. The number of amides is 1. The number of benzene rings is 2. The molecule has 2 aromatic carbocycles. The number of rotatable bonds is 29. The molecule has 0 saturated heterocycles. The number of allylic oxidation sites excluding steroid dienone is 1. The third-order valence-electron chi connectivity index (χ3n) is 13.2. The summed E-state index contributed by atoms with van der Waals surface area (Å²) in [5.74, 6) is -1.04. The molecule has 1 amide bonds. The van der Waals surface area contributed by atoms with Crippen LogP contribution in [0.4, 0.5) is 9.18 Å². The van der Waals surface area contributed by atoms with Crippen LogP contribution in [0.3, 0.4) is 0 Å². The summed E-state index contributed by atoms with van der Waals surface area (Å²) in [6.07, 6.45) is 21.1. The second kappa shape index (κ2) is 26.4. The van der Waals surface area contributed by atoms with Crippen LogP contribution in [-0.4, -0.2) is 77.3 Å². The molecule has 0 radical (unpaired) electrons. The second-order valence-corrected chi connectivity index (χ2v) is 19.3. The van der Waals surface area contributed by atoms with Gasteiger partial charge in [0.25, 0.3) is 0 Å². The highest BCUT2D eigenvalue weighted by atomic mass is 19.1. The van der Waals surface area contributed by atoms with Gasteiger partial charge in [-0.1, -0.05) is 120 Å². The summed E-state index contributed by atoms with van der Waals surface area (Å²) in [5.41, 5.74) is 2.51. The minimum absolute atomic E-state index is 0.0524. The summed E-state index contributed by atoms with van der Waals surface area (Å²) >= 11 is 0. The zero-order chi connectivity index (χ0) is 46.7. The van der Waals surface area contributed by atoms with E-state index in [1.165, 1.54) is 51.0 Å². The number of hydrogen-bond donors (Lipinski definition) is 2. The van der Waals surface area contributed by atoms with Crippen LogP contribution in [-0.2, 0) is 20.9 Å². The van der Waals surface area contributed by atoms with Gasteiger partial charge in [-0.2, -0.15) is 0 Å². The number of carbonyl (C=O) groups excluding carboxylic acids is 1. The first-order valence-electron chi connectivity index (χ1n) is 25.1. The van der Waals surface area contributed by atoms with Gasteiger partial charge >= 0.3 is 6.09 Å². The number of aliphatic hydroxyl groups is 2. The first kappa shape index (κ1) is 52.0. The summed E-state index contributed by atoms with van der Waals surface area (Å²) < 4.78 is 41.7. The third kappa shape index (κ3) is 14.3. The zero-order valence-corrected chi connectivity index (χ0v) is 40.4. The predicted molar refractivity (Wildman–Crippen MR) is 257 cm³/mol. The molecule has 1 fully saturated rings. The number of nitrogens with zero attached hydrogens (tertiary/aromatic N) is 2. The largest absolute Gasteiger partial charge is 0.489 e. The van der Waals surface area contributed by atoms with Gasteiger partial charge in [0.2, 0.25) is 5.79 Å². The van der Waals surface area contributed by atoms with Crippen molar-refractivity contribution in [2.75, 3.05) is 33.0 Å². The van der Waals surface area contributed by atoms with Gasteiger partial charge in [0.15, 0.2) is 0 Å². The summed E-state index contributed by atoms with van der Waals surface area (Å²) in [4.78, 5) is 22.7. The molecular weight excluding hydrogens is 824 g/mol. The maximum atomic E-state index is 14.8. The van der Waals surface area contributed by atoms with E-state index in [-0.39, 0.29) is 50.0 Å². The Morgan fingerprint density at radius 3 is 2.28 bits per heavy atom. The van der Waals surface area contributed by atoms with E-state index in [0.29, 0.717) is 55.9 Å². The Morgan fingerprint density at radius 2 is 1.62 bits per heavy atom. The Balaban J connectivity index is 1.59. The normalized spacial score (nSPS) is 22.9. The predicted octanol–water partition coefficient (Wildman–Crippen LogP) is 12.6. The van der Waals surface area contributed by atoms with E-state index in [1.807, 2.05) is 43.9 Å². The van der Waals surface area contributed by atoms with Crippen LogP contribution < -0.4 is 9.47 Å². The molecule has 2 aliphatic carbocycles. The summed E-state index contributed by atoms with van der Waals surface area (Å²) in [6, 6.07) is 11.8. The highest BCUT2D eigenvalue weighted by molar-refractivity contribution is 6.03. The number of carbonyl (C=O) groups is 1. The van der Waals surface area contributed by atoms with Crippen molar-refractivity contribution in [3.8, 4) is 11.5 Å². The molecule has 1 saturated carbocycles. The van der Waals surface area contributed by atoms with Gasteiger partial charge in [-0.15, -0.1) is 6.58 Å². The van der Waals surface area contributed by atoms with Crippen LogP contribution in [0.5, 0.6) is 11.5 Å². The van der Waals surface area contributed by atoms with E-state index >= 15 is 0 Å². The van der Waals surface area contributed by atoms with Crippen molar-refractivity contribution in [2.45, 2.75) is 180 Å². The molecule has 1 heterocycles. The van der Waals surface area contributed by atoms with Gasteiger partial charge in [0.1, 0.15) is 35.6 Å². The first-order chi connectivity index (χ1) is 31.5. The van der Waals surface area contributed by atoms with Crippen LogP contribution in [0.25, 0.3) is 0 Å². The molecule has 0 aromatic heterocycles. The fourth-order valence-electron chi connectivity index (χ4n) is 10.2. The molecule has 3 aliphatic rings. The monoisotopic (exact) mass is 905 g/mol. The van der Waals surface area contributed by atoms with Crippen LogP contribution >= 0.6 is 0 Å². The van der Waals surface area contributed by atoms with E-state index in [9.17, 15) is 19.4 Å². The summed E-state index contributed by atoms with van der Waals surface area (Å²) in [7, 11) is 0. The van der Waals surface area contributed by atoms with Crippen LogP contribution in [0.2, 0.25) is 0 Å². The minimum Gasteiger partial charge on any atom is -0.489 e. The van der Waals surface area contributed by atoms with E-state index in [1.54, 1.807) is 24.3 Å². The fraction of sp³-hybridized carbons (Fsp3) is 0.667. The lowest BCUT2D eigenvalue weighted by Gasteiger charge is -2.60. The summed E-state index contributed by atoms with van der Waals surface area (Å²) in [5, 5.41) is 24.8. The third-order valence-corrected chi connectivity index (χ3v) is 13.2. The van der Waals surface area contributed by atoms with E-state index in [4.69, 9.17) is 28.9 Å². The summed E-state index contributed by atoms with van der Waals surface area (Å²) in [6.45, 7) is 15.4. The lowest BCUT2D eigenvalue weighted by atomic mass is 9.55. The van der Waals surface area contributed by atoms with E-state index in [2.05, 4.69) is 26.5 Å². The Hall–Kier alpha value is -3.93. The zero-order valence-electron chi connectivity index (χ0n) is 40.4. The average Bonchev–Trinajstić information content (AvgIpc) is 3.29. The molecule has 2 aromatic rings. The van der Waals surface area contributed by atoms with Crippen molar-refractivity contribution in [3.63, 3.8) is 0 Å². The molecule has 6 unspecified atom stereocenters. The number of halogens is 1. The van der Waals surface area contributed by atoms with Crippen LogP contribution in [0, 0.1) is 23.6 Å². The van der Waals surface area contributed by atoms with Crippen LogP contribution in [0.1, 0.15) is 167 Å². The Kier molecular flexibility index (Phi) is 21.2. The number of aliphatic hydroxyl groups excluding tert-OH is 2. The van der Waals surface area contributed by atoms with Crippen molar-refractivity contribution >= 4 is 11.8 Å². The minimum atomic E-state index is -1.38. The van der Waals surface area contributed by atoms with Gasteiger partial charge in [0, 0.05) is 43.2 Å². The molecule has 6 atom stereocenters. The number of ether oxygens (including phenoxy) is 4. The lowest BCUT2D eigenvalue weighted by molar-refractivity contribution is -0.255. The molecule has 11 heteroatoms. The van der Waals surface area contributed by atoms with Gasteiger partial charge in [-0.3, -0.25) is 4.90 Å². The smallest absolute Gasteiger partial charge is 0.410 e. The molecule has 1 aliphatic heterocycles. The van der Waals surface area contributed by atoms with Gasteiger partial charge in [-0.25, -0.2) is 9.18 Å². The molecule has 0 bridgehead atoms. The van der Waals surface area contributed by atoms with Crippen LogP contribution in [0.15, 0.2) is 71.9 Å². The maximum absolute atomic E-state index is 14.8.